The zero-order valence-corrected chi connectivity index (χ0v) is 38.3. The maximum absolute atomic E-state index is 3.85. The number of hydrogen-bond donors (Lipinski definition) is 0. The van der Waals surface area contributed by atoms with Crippen molar-refractivity contribution < 1.29 is 0 Å². The third-order valence-corrected chi connectivity index (χ3v) is 12.2. The summed E-state index contributed by atoms with van der Waals surface area (Å²) in [5.74, 6) is 0. The van der Waals surface area contributed by atoms with Crippen LogP contribution in [0.3, 0.4) is 0 Å². The van der Waals surface area contributed by atoms with Gasteiger partial charge >= 0.3 is 0 Å². The van der Waals surface area contributed by atoms with E-state index in [4.69, 9.17) is 0 Å². The van der Waals surface area contributed by atoms with Gasteiger partial charge in [0.05, 0.1) is 5.41 Å². The Balaban J connectivity index is 0.000000169. The maximum atomic E-state index is 3.85. The summed E-state index contributed by atoms with van der Waals surface area (Å²) in [7, 11) is 0. The zero-order chi connectivity index (χ0) is 43.7. The summed E-state index contributed by atoms with van der Waals surface area (Å²) < 4.78 is 0. The predicted octanol–water partition coefficient (Wildman–Crippen LogP) is 17.3. The summed E-state index contributed by atoms with van der Waals surface area (Å²) in [5.41, 5.74) is 25.7. The Morgan fingerprint density at radius 1 is 0.590 bits per heavy atom. The van der Waals surface area contributed by atoms with Gasteiger partial charge in [0.1, 0.15) is 0 Å². The fourth-order valence-electron chi connectivity index (χ4n) is 9.17. The van der Waals surface area contributed by atoms with Gasteiger partial charge in [0.25, 0.3) is 0 Å². The largest absolute Gasteiger partial charge is 0.0988 e. The topological polar surface area (TPSA) is 0 Å². The Morgan fingerprint density at radius 3 is 1.93 bits per heavy atom. The van der Waals surface area contributed by atoms with Crippen molar-refractivity contribution in [3.05, 3.63) is 243 Å². The molecule has 1 atom stereocenters. The van der Waals surface area contributed by atoms with Crippen molar-refractivity contribution in [1.29, 1.82) is 0 Å². The average molecular weight is 797 g/mol. The van der Waals surface area contributed by atoms with Crippen LogP contribution in [0, 0.1) is 34.6 Å². The predicted molar refractivity (Wildman–Crippen MR) is 269 cm³/mol. The molecule has 0 saturated heterocycles. The molecular weight excluding hydrogens is 733 g/mol. The summed E-state index contributed by atoms with van der Waals surface area (Å²) in [6.07, 6.45) is 17.6. The van der Waals surface area contributed by atoms with Crippen LogP contribution in [0.1, 0.15) is 109 Å². The summed E-state index contributed by atoms with van der Waals surface area (Å²) >= 11 is 0. The third kappa shape index (κ3) is 8.82. The fraction of sp³-hybridized carbons (Fsp3) is 0.213. The fourth-order valence-corrected chi connectivity index (χ4v) is 9.17. The Morgan fingerprint density at radius 2 is 1.23 bits per heavy atom. The molecule has 0 heterocycles. The SMILES string of the molecule is C/C=C\c1cc2c(cc1C)-c1ccc(C)cc1C21C2=C(CCC=C2)c2ccccc21.C=C/C(C)=C(\C=C/C)c1cc(C)ccc1C.CC.Cc1ccc(-c2ccccc2)cc1. The lowest BCUT2D eigenvalue weighted by atomic mass is 9.68. The van der Waals surface area contributed by atoms with Crippen molar-refractivity contribution in [3.8, 4) is 22.3 Å². The van der Waals surface area contributed by atoms with E-state index in [0.29, 0.717) is 0 Å². The lowest BCUT2D eigenvalue weighted by molar-refractivity contribution is 0.779. The van der Waals surface area contributed by atoms with Gasteiger partial charge in [0.2, 0.25) is 0 Å². The van der Waals surface area contributed by atoms with Crippen LogP contribution in [-0.4, -0.2) is 0 Å². The minimum atomic E-state index is -0.191. The first-order valence-electron chi connectivity index (χ1n) is 22.2. The van der Waals surface area contributed by atoms with Crippen LogP contribution < -0.4 is 0 Å². The smallest absolute Gasteiger partial charge is 0.0722 e. The highest BCUT2D eigenvalue weighted by atomic mass is 14.5. The maximum Gasteiger partial charge on any atom is 0.0722 e. The summed E-state index contributed by atoms with van der Waals surface area (Å²) in [6, 6.07) is 46.7. The second kappa shape index (κ2) is 19.9. The van der Waals surface area contributed by atoms with Crippen molar-refractivity contribution in [1.82, 2.24) is 0 Å². The number of allylic oxidation sites excluding steroid dienone is 10. The van der Waals surface area contributed by atoms with Gasteiger partial charge in [-0.05, 0) is 163 Å². The monoisotopic (exact) mass is 797 g/mol. The van der Waals surface area contributed by atoms with E-state index in [2.05, 4.69) is 213 Å². The van der Waals surface area contributed by atoms with E-state index >= 15 is 0 Å². The summed E-state index contributed by atoms with van der Waals surface area (Å²) in [4.78, 5) is 0. The van der Waals surface area contributed by atoms with Crippen LogP contribution in [0.15, 0.2) is 182 Å². The molecule has 0 nitrogen and oxygen atoms in total. The van der Waals surface area contributed by atoms with E-state index < -0.39 is 0 Å². The Kier molecular flexibility index (Phi) is 14.4. The zero-order valence-electron chi connectivity index (χ0n) is 38.3. The van der Waals surface area contributed by atoms with Gasteiger partial charge in [-0.1, -0.05) is 201 Å². The molecule has 0 bridgehead atoms. The molecule has 6 aromatic rings. The molecule has 3 aliphatic rings. The number of benzene rings is 6. The van der Waals surface area contributed by atoms with Crippen LogP contribution >= 0.6 is 0 Å². The van der Waals surface area contributed by atoms with E-state index in [1.165, 1.54) is 100 Å². The van der Waals surface area contributed by atoms with Gasteiger partial charge in [0.15, 0.2) is 0 Å². The summed E-state index contributed by atoms with van der Waals surface area (Å²) in [5, 5.41) is 0. The van der Waals surface area contributed by atoms with Crippen molar-refractivity contribution in [2.75, 3.05) is 0 Å². The molecule has 308 valence electrons. The van der Waals surface area contributed by atoms with Crippen molar-refractivity contribution in [2.24, 2.45) is 0 Å². The highest BCUT2D eigenvalue weighted by molar-refractivity contribution is 5.96. The normalized spacial score (nSPS) is 15.7. The van der Waals surface area contributed by atoms with Gasteiger partial charge in [-0.25, -0.2) is 0 Å². The average Bonchev–Trinajstić information content (AvgIpc) is 3.74. The number of aryl methyl sites for hydroxylation is 5. The molecular formula is C61H64. The van der Waals surface area contributed by atoms with Crippen molar-refractivity contribution in [2.45, 2.75) is 87.5 Å². The van der Waals surface area contributed by atoms with E-state index in [9.17, 15) is 0 Å². The lowest BCUT2D eigenvalue weighted by Gasteiger charge is -2.32. The molecule has 9 rings (SSSR count). The first-order valence-corrected chi connectivity index (χ1v) is 22.2. The van der Waals surface area contributed by atoms with Crippen LogP contribution in [0.5, 0.6) is 0 Å². The highest BCUT2D eigenvalue weighted by Crippen LogP contribution is 2.63. The second-order valence-electron chi connectivity index (χ2n) is 16.3. The van der Waals surface area contributed by atoms with Crippen molar-refractivity contribution in [3.63, 3.8) is 0 Å². The van der Waals surface area contributed by atoms with E-state index in [1.54, 1.807) is 5.57 Å². The Labute approximate surface area is 368 Å². The molecule has 61 heavy (non-hydrogen) atoms. The molecule has 0 saturated carbocycles. The standard InChI is InChI=1S/C30H26.C16H20.C13H12.C2H6/c1-4-9-21-18-29-25(17-20(21)3)24-15-14-19(2)16-28(24)30(29)26-12-7-5-10-22(26)23-11-6-8-13-27(23)30;1-6-8-15(13(4)7-2)16-11-12(3)9-10-14(16)5;1-11-7-9-13(10-8-11)12-5-3-2-4-6-12;1-2/h4-5,7-10,12-18H,6,11H2,1-3H3;6-11H,2H2,1,3-5H3;2-10H,1H3;1-2H3/b9-4-;8-6-,15-13+;;. The Hall–Kier alpha value is -6.24. The van der Waals surface area contributed by atoms with Gasteiger partial charge in [-0.15, -0.1) is 0 Å². The quantitative estimate of drug-likeness (QED) is 0.152. The molecule has 3 aliphatic carbocycles. The van der Waals surface area contributed by atoms with E-state index in [1.807, 2.05) is 32.9 Å². The van der Waals surface area contributed by atoms with Crippen molar-refractivity contribution >= 4 is 17.2 Å². The molecule has 0 aromatic heterocycles. The third-order valence-electron chi connectivity index (χ3n) is 12.2. The van der Waals surface area contributed by atoms with Gasteiger partial charge in [-0.3, -0.25) is 0 Å². The first-order chi connectivity index (χ1) is 29.6. The molecule has 0 fully saturated rings. The Bertz CT molecular complexity index is 2670. The molecule has 6 aromatic carbocycles. The minimum absolute atomic E-state index is 0.191. The van der Waals surface area contributed by atoms with Crippen LogP contribution in [0.2, 0.25) is 0 Å². The molecule has 0 N–H and O–H groups in total. The van der Waals surface area contributed by atoms with Crippen LogP contribution in [-0.2, 0) is 5.41 Å². The van der Waals surface area contributed by atoms with Gasteiger partial charge in [-0.2, -0.15) is 0 Å². The molecule has 1 unspecified atom stereocenters. The molecule has 0 radical (unpaired) electrons. The number of fused-ring (bicyclic) bond motifs is 9. The molecule has 0 amide bonds. The summed E-state index contributed by atoms with van der Waals surface area (Å²) in [6.45, 7) is 24.9. The van der Waals surface area contributed by atoms with Crippen LogP contribution in [0.25, 0.3) is 39.5 Å². The molecule has 1 spiro atoms. The van der Waals surface area contributed by atoms with Gasteiger partial charge in [0, 0.05) is 0 Å². The minimum Gasteiger partial charge on any atom is -0.0988 e. The van der Waals surface area contributed by atoms with E-state index in [0.717, 1.165) is 12.8 Å². The highest BCUT2D eigenvalue weighted by Gasteiger charge is 2.52. The number of hydrogen-bond acceptors (Lipinski definition) is 0. The first kappa shape index (κ1) is 44.3. The van der Waals surface area contributed by atoms with E-state index in [-0.39, 0.29) is 5.41 Å². The lowest BCUT2D eigenvalue weighted by Crippen LogP contribution is -2.27. The molecule has 0 aliphatic heterocycles. The van der Waals surface area contributed by atoms with Crippen LogP contribution in [0.4, 0.5) is 0 Å². The second-order valence-corrected chi connectivity index (χ2v) is 16.3. The van der Waals surface area contributed by atoms with Gasteiger partial charge < -0.3 is 0 Å². The molecule has 0 heteroatoms. The number of rotatable bonds is 5.